The van der Waals surface area contributed by atoms with E-state index in [4.69, 9.17) is 0 Å². The van der Waals surface area contributed by atoms with Gasteiger partial charge in [0.2, 0.25) is 5.91 Å². The van der Waals surface area contributed by atoms with E-state index in [-0.39, 0.29) is 17.4 Å². The molecule has 126 valence electrons. The quantitative estimate of drug-likeness (QED) is 0.767. The molecule has 7 heteroatoms. The van der Waals surface area contributed by atoms with Crippen LogP contribution in [-0.2, 0) is 14.6 Å². The molecule has 5 nitrogen and oxygen atoms in total. The second kappa shape index (κ2) is 6.86. The van der Waals surface area contributed by atoms with E-state index in [1.165, 1.54) is 16.2 Å². The van der Waals surface area contributed by atoms with Crippen LogP contribution in [0.3, 0.4) is 0 Å². The fraction of sp³-hybridized carbons (Fsp3) is 0.294. The largest absolute Gasteiger partial charge is 0.284 e. The molecule has 1 aliphatic heterocycles. The van der Waals surface area contributed by atoms with E-state index in [2.05, 4.69) is 11.6 Å². The molecule has 0 aliphatic carbocycles. The summed E-state index contributed by atoms with van der Waals surface area (Å²) in [6, 6.07) is 9.73. The van der Waals surface area contributed by atoms with E-state index in [0.717, 1.165) is 11.3 Å². The van der Waals surface area contributed by atoms with Crippen LogP contribution in [0, 0.1) is 5.92 Å². The molecule has 0 saturated carbocycles. The van der Waals surface area contributed by atoms with Crippen molar-refractivity contribution >= 4 is 32.2 Å². The zero-order valence-corrected chi connectivity index (χ0v) is 14.7. The third kappa shape index (κ3) is 3.57. The van der Waals surface area contributed by atoms with Crippen LogP contribution >= 0.6 is 11.3 Å². The van der Waals surface area contributed by atoms with Gasteiger partial charge in [0.1, 0.15) is 0 Å². The number of sulfone groups is 1. The lowest BCUT2D eigenvalue weighted by Crippen LogP contribution is -2.37. The fourth-order valence-corrected chi connectivity index (χ4v) is 5.31. The van der Waals surface area contributed by atoms with E-state index in [1.807, 2.05) is 35.7 Å². The van der Waals surface area contributed by atoms with Crippen molar-refractivity contribution < 1.29 is 13.2 Å². The van der Waals surface area contributed by atoms with Crippen molar-refractivity contribution in [3.8, 4) is 11.3 Å². The molecule has 1 unspecified atom stereocenters. The first kappa shape index (κ1) is 16.9. The Labute approximate surface area is 145 Å². The first-order chi connectivity index (χ1) is 11.5. The van der Waals surface area contributed by atoms with Crippen molar-refractivity contribution in [2.75, 3.05) is 23.0 Å². The fourth-order valence-electron chi connectivity index (χ4n) is 2.73. The average molecular weight is 362 g/mol. The molecular formula is C17H18N2O3S2. The van der Waals surface area contributed by atoms with Gasteiger partial charge in [-0.2, -0.15) is 0 Å². The molecule has 1 amide bonds. The predicted molar refractivity (Wildman–Crippen MR) is 96.9 cm³/mol. The van der Waals surface area contributed by atoms with Gasteiger partial charge in [-0.1, -0.05) is 36.4 Å². The lowest BCUT2D eigenvalue weighted by molar-refractivity contribution is -0.121. The van der Waals surface area contributed by atoms with Crippen molar-refractivity contribution in [1.82, 2.24) is 4.98 Å². The van der Waals surface area contributed by atoms with Crippen LogP contribution in [-0.4, -0.2) is 37.4 Å². The van der Waals surface area contributed by atoms with Crippen LogP contribution < -0.4 is 4.90 Å². The molecule has 1 atom stereocenters. The smallest absolute Gasteiger partial charge is 0.233 e. The summed E-state index contributed by atoms with van der Waals surface area (Å²) in [6.07, 6.45) is 2.01. The second-order valence-electron chi connectivity index (χ2n) is 5.72. The maximum absolute atomic E-state index is 12.7. The van der Waals surface area contributed by atoms with Gasteiger partial charge >= 0.3 is 0 Å². The maximum Gasteiger partial charge on any atom is 0.233 e. The highest BCUT2D eigenvalue weighted by atomic mass is 32.2. The minimum atomic E-state index is -3.10. The molecule has 24 heavy (non-hydrogen) atoms. The SMILES string of the molecule is C=CCN(C(=O)C1CCS(=O)(=O)C1)c1nc(-c2ccccc2)cs1. The minimum Gasteiger partial charge on any atom is -0.284 e. The Bertz CT molecular complexity index is 844. The Kier molecular flexibility index (Phi) is 4.82. The number of amides is 1. The van der Waals surface area contributed by atoms with E-state index in [9.17, 15) is 13.2 Å². The van der Waals surface area contributed by atoms with Crippen molar-refractivity contribution in [3.63, 3.8) is 0 Å². The number of hydrogen-bond acceptors (Lipinski definition) is 5. The van der Waals surface area contributed by atoms with Crippen LogP contribution in [0.2, 0.25) is 0 Å². The Morgan fingerprint density at radius 1 is 1.38 bits per heavy atom. The van der Waals surface area contributed by atoms with E-state index in [1.54, 1.807) is 6.08 Å². The Hall–Kier alpha value is -1.99. The summed E-state index contributed by atoms with van der Waals surface area (Å²) in [7, 11) is -3.10. The van der Waals surface area contributed by atoms with Gasteiger partial charge in [0.25, 0.3) is 0 Å². The summed E-state index contributed by atoms with van der Waals surface area (Å²) in [5, 5.41) is 2.47. The highest BCUT2D eigenvalue weighted by Gasteiger charge is 2.36. The number of benzene rings is 1. The Morgan fingerprint density at radius 2 is 2.12 bits per heavy atom. The zero-order chi connectivity index (χ0) is 17.2. The van der Waals surface area contributed by atoms with E-state index < -0.39 is 15.8 Å². The highest BCUT2D eigenvalue weighted by Crippen LogP contribution is 2.30. The number of aromatic nitrogens is 1. The maximum atomic E-state index is 12.7. The molecule has 1 aliphatic rings. The number of thiazole rings is 1. The van der Waals surface area contributed by atoms with Crippen LogP contribution in [0.4, 0.5) is 5.13 Å². The topological polar surface area (TPSA) is 67.3 Å². The molecule has 1 saturated heterocycles. The molecule has 1 aromatic carbocycles. The number of carbonyl (C=O) groups is 1. The van der Waals surface area contributed by atoms with Gasteiger partial charge in [-0.25, -0.2) is 13.4 Å². The first-order valence-corrected chi connectivity index (χ1v) is 10.3. The van der Waals surface area contributed by atoms with Crippen molar-refractivity contribution in [1.29, 1.82) is 0 Å². The van der Waals surface area contributed by atoms with E-state index in [0.29, 0.717) is 18.1 Å². The van der Waals surface area contributed by atoms with Gasteiger partial charge in [0, 0.05) is 17.5 Å². The van der Waals surface area contributed by atoms with Crippen LogP contribution in [0.5, 0.6) is 0 Å². The molecule has 0 radical (unpaired) electrons. The summed E-state index contributed by atoms with van der Waals surface area (Å²) < 4.78 is 23.3. The predicted octanol–water partition coefficient (Wildman–Crippen LogP) is 2.76. The standard InChI is InChI=1S/C17H18N2O3S2/c1-2-9-19(16(20)14-8-10-24(21,22)12-14)17-18-15(11-23-17)13-6-4-3-5-7-13/h2-7,11,14H,1,8-10,12H2. The Morgan fingerprint density at radius 3 is 2.75 bits per heavy atom. The van der Waals surface area contributed by atoms with Crippen LogP contribution in [0.25, 0.3) is 11.3 Å². The summed E-state index contributed by atoms with van der Waals surface area (Å²) in [6.45, 7) is 4.01. The van der Waals surface area contributed by atoms with Gasteiger partial charge < -0.3 is 0 Å². The lowest BCUT2D eigenvalue weighted by atomic mass is 10.1. The van der Waals surface area contributed by atoms with Gasteiger partial charge in [-0.05, 0) is 6.42 Å². The number of nitrogens with zero attached hydrogens (tertiary/aromatic N) is 2. The second-order valence-corrected chi connectivity index (χ2v) is 8.78. The van der Waals surface area contributed by atoms with Gasteiger partial charge in [-0.15, -0.1) is 17.9 Å². The molecule has 2 heterocycles. The van der Waals surface area contributed by atoms with Gasteiger partial charge in [0.15, 0.2) is 15.0 Å². The summed E-state index contributed by atoms with van der Waals surface area (Å²) in [5.74, 6) is -0.668. The third-order valence-corrected chi connectivity index (χ3v) is 6.58. The monoisotopic (exact) mass is 362 g/mol. The number of rotatable bonds is 5. The summed E-state index contributed by atoms with van der Waals surface area (Å²) >= 11 is 1.38. The third-order valence-electron chi connectivity index (χ3n) is 3.95. The average Bonchev–Trinajstić information content (AvgIpc) is 3.19. The van der Waals surface area contributed by atoms with Gasteiger partial charge in [-0.3, -0.25) is 9.69 Å². The van der Waals surface area contributed by atoms with Crippen molar-refractivity contribution in [2.24, 2.45) is 5.92 Å². The van der Waals surface area contributed by atoms with Crippen LogP contribution in [0.1, 0.15) is 6.42 Å². The highest BCUT2D eigenvalue weighted by molar-refractivity contribution is 7.91. The molecule has 1 aromatic heterocycles. The number of hydrogen-bond donors (Lipinski definition) is 0. The molecule has 1 fully saturated rings. The van der Waals surface area contributed by atoms with Crippen molar-refractivity contribution in [3.05, 3.63) is 48.4 Å². The molecule has 3 rings (SSSR count). The number of anilines is 1. The van der Waals surface area contributed by atoms with Crippen molar-refractivity contribution in [2.45, 2.75) is 6.42 Å². The molecule has 0 spiro atoms. The lowest BCUT2D eigenvalue weighted by Gasteiger charge is -2.21. The first-order valence-electron chi connectivity index (χ1n) is 7.64. The summed E-state index contributed by atoms with van der Waals surface area (Å²) in [5.41, 5.74) is 1.78. The van der Waals surface area contributed by atoms with Crippen LogP contribution in [0.15, 0.2) is 48.4 Å². The number of carbonyl (C=O) groups excluding carboxylic acids is 1. The molecule has 0 N–H and O–H groups in total. The van der Waals surface area contributed by atoms with Gasteiger partial charge in [0.05, 0.1) is 23.1 Å². The van der Waals surface area contributed by atoms with E-state index >= 15 is 0 Å². The minimum absolute atomic E-state index is 0.0730. The Balaban J connectivity index is 1.85. The summed E-state index contributed by atoms with van der Waals surface area (Å²) in [4.78, 5) is 18.8. The zero-order valence-electron chi connectivity index (χ0n) is 13.1. The molecular weight excluding hydrogens is 344 g/mol. The normalized spacial score (nSPS) is 19.1. The molecule has 2 aromatic rings. The molecule has 0 bridgehead atoms.